The van der Waals surface area contributed by atoms with Gasteiger partial charge in [0.2, 0.25) is 16.6 Å². The molecule has 0 aromatic carbocycles. The maximum absolute atomic E-state index is 5.84. The number of rotatable bonds is 7. The van der Waals surface area contributed by atoms with E-state index in [1.165, 1.54) is 0 Å². The lowest BCUT2D eigenvalue weighted by Crippen LogP contribution is -2.40. The van der Waals surface area contributed by atoms with Crippen LogP contribution in [0, 0.1) is 0 Å². The van der Waals surface area contributed by atoms with Crippen molar-refractivity contribution in [3.8, 4) is 0 Å². The minimum Gasteiger partial charge on any atom is -0.387 e. The molecular formula is C11H22O2Si2. The van der Waals surface area contributed by atoms with Crippen LogP contribution in [0.3, 0.4) is 0 Å². The van der Waals surface area contributed by atoms with Gasteiger partial charge in [0.1, 0.15) is 0 Å². The molecule has 15 heavy (non-hydrogen) atoms. The first kappa shape index (κ1) is 14.6. The molecule has 0 rings (SSSR count). The Morgan fingerprint density at radius 3 is 1.40 bits per heavy atom. The fourth-order valence-corrected chi connectivity index (χ4v) is 2.59. The minimum absolute atomic E-state index is 0.343. The molecule has 0 aliphatic heterocycles. The van der Waals surface area contributed by atoms with E-state index in [-0.39, 0.29) is 6.29 Å². The van der Waals surface area contributed by atoms with Crippen molar-refractivity contribution >= 4 is 16.6 Å². The summed E-state index contributed by atoms with van der Waals surface area (Å²) in [6.45, 7) is 19.6. The smallest absolute Gasteiger partial charge is 0.214 e. The van der Waals surface area contributed by atoms with E-state index < -0.39 is 16.6 Å². The predicted octanol–water partition coefficient (Wildman–Crippen LogP) is 3.39. The maximum atomic E-state index is 5.84. The summed E-state index contributed by atoms with van der Waals surface area (Å²) in [6.07, 6.45) is 1.35. The molecule has 4 heteroatoms. The second kappa shape index (κ2) is 5.60. The molecule has 86 valence electrons. The van der Waals surface area contributed by atoms with Gasteiger partial charge in [-0.15, -0.1) is 13.2 Å². The molecule has 0 saturated heterocycles. The van der Waals surface area contributed by atoms with Crippen LogP contribution in [0.15, 0.2) is 37.2 Å². The van der Waals surface area contributed by atoms with Crippen LogP contribution in [-0.4, -0.2) is 22.9 Å². The van der Waals surface area contributed by atoms with Crippen LogP contribution in [0.5, 0.6) is 0 Å². The molecule has 0 spiro atoms. The first-order valence-electron chi connectivity index (χ1n) is 5.02. The van der Waals surface area contributed by atoms with E-state index in [1.54, 1.807) is 6.08 Å². The van der Waals surface area contributed by atoms with Crippen molar-refractivity contribution in [2.45, 2.75) is 32.5 Å². The van der Waals surface area contributed by atoms with E-state index in [2.05, 4.69) is 45.9 Å². The molecule has 0 atom stereocenters. The zero-order valence-electron chi connectivity index (χ0n) is 10.2. The van der Waals surface area contributed by atoms with Crippen LogP contribution in [0.1, 0.15) is 0 Å². The third kappa shape index (κ3) is 5.89. The first-order valence-corrected chi connectivity index (χ1v) is 11.0. The Morgan fingerprint density at radius 1 is 0.867 bits per heavy atom. The molecule has 2 nitrogen and oxygen atoms in total. The zero-order valence-corrected chi connectivity index (χ0v) is 12.2. The van der Waals surface area contributed by atoms with E-state index in [1.807, 2.05) is 11.4 Å². The molecule has 0 aliphatic carbocycles. The van der Waals surface area contributed by atoms with Gasteiger partial charge in [-0.3, -0.25) is 0 Å². The van der Waals surface area contributed by atoms with Gasteiger partial charge in [-0.1, -0.05) is 18.0 Å². The summed E-state index contributed by atoms with van der Waals surface area (Å²) in [5.74, 6) is 0. The van der Waals surface area contributed by atoms with E-state index >= 15 is 0 Å². The largest absolute Gasteiger partial charge is 0.387 e. The van der Waals surface area contributed by atoms with Crippen LogP contribution >= 0.6 is 0 Å². The van der Waals surface area contributed by atoms with E-state index in [0.717, 1.165) is 0 Å². The summed E-state index contributed by atoms with van der Waals surface area (Å²) in [5, 5.41) is 0. The van der Waals surface area contributed by atoms with E-state index in [9.17, 15) is 0 Å². The Bertz CT molecular complexity index is 225. The van der Waals surface area contributed by atoms with Crippen LogP contribution in [0.25, 0.3) is 0 Å². The van der Waals surface area contributed by atoms with Gasteiger partial charge in [0.15, 0.2) is 6.29 Å². The molecule has 0 aromatic rings. The van der Waals surface area contributed by atoms with Crippen molar-refractivity contribution in [2.75, 3.05) is 0 Å². The molecule has 0 fully saturated rings. The molecule has 0 radical (unpaired) electrons. The normalized spacial score (nSPS) is 12.6. The highest BCUT2D eigenvalue weighted by Crippen LogP contribution is 2.16. The quantitative estimate of drug-likeness (QED) is 0.387. The molecule has 0 aromatic heterocycles. The van der Waals surface area contributed by atoms with Crippen LogP contribution in [0.4, 0.5) is 0 Å². The van der Waals surface area contributed by atoms with Gasteiger partial charge in [-0.05, 0) is 32.3 Å². The fourth-order valence-electron chi connectivity index (χ4n) is 0.815. The summed E-state index contributed by atoms with van der Waals surface area (Å²) in [7, 11) is -3.64. The maximum Gasteiger partial charge on any atom is 0.214 e. The van der Waals surface area contributed by atoms with E-state index in [0.29, 0.717) is 0 Å². The lowest BCUT2D eigenvalue weighted by Gasteiger charge is -2.30. The van der Waals surface area contributed by atoms with Crippen LogP contribution in [0.2, 0.25) is 26.2 Å². The molecule has 0 unspecified atom stereocenters. The van der Waals surface area contributed by atoms with Gasteiger partial charge in [0.25, 0.3) is 0 Å². The highest BCUT2D eigenvalue weighted by Gasteiger charge is 2.27. The Hall–Kier alpha value is -0.426. The topological polar surface area (TPSA) is 18.5 Å². The Kier molecular flexibility index (Phi) is 5.44. The third-order valence-electron chi connectivity index (χ3n) is 2.02. The summed E-state index contributed by atoms with van der Waals surface area (Å²) >= 11 is 0. The summed E-state index contributed by atoms with van der Waals surface area (Å²) in [4.78, 5) is 0. The van der Waals surface area contributed by atoms with Gasteiger partial charge >= 0.3 is 0 Å². The molecule has 0 N–H and O–H groups in total. The van der Waals surface area contributed by atoms with Crippen molar-refractivity contribution in [3.63, 3.8) is 0 Å². The lowest BCUT2D eigenvalue weighted by molar-refractivity contribution is 0.0370. The molecule has 0 heterocycles. The lowest BCUT2D eigenvalue weighted by atomic mass is 10.6. The molecule has 0 amide bonds. The van der Waals surface area contributed by atoms with Gasteiger partial charge in [0, 0.05) is 0 Å². The summed E-state index contributed by atoms with van der Waals surface area (Å²) < 4.78 is 11.7. The molecule has 0 aliphatic rings. The number of hydrogen-bond donors (Lipinski definition) is 0. The van der Waals surface area contributed by atoms with Gasteiger partial charge in [-0.25, -0.2) is 0 Å². The predicted molar refractivity (Wildman–Crippen MR) is 71.5 cm³/mol. The summed E-state index contributed by atoms with van der Waals surface area (Å²) in [6, 6.07) is 0. The Balaban J connectivity index is 4.46. The van der Waals surface area contributed by atoms with Gasteiger partial charge in [-0.2, -0.15) is 0 Å². The minimum atomic E-state index is -1.82. The van der Waals surface area contributed by atoms with Crippen molar-refractivity contribution in [3.05, 3.63) is 37.2 Å². The zero-order chi connectivity index (χ0) is 12.1. The second-order valence-electron chi connectivity index (χ2n) is 4.45. The van der Waals surface area contributed by atoms with Crippen molar-refractivity contribution < 1.29 is 8.85 Å². The average molecular weight is 242 g/mol. The molecule has 0 saturated carbocycles. The first-order chi connectivity index (χ1) is 6.76. The van der Waals surface area contributed by atoms with Gasteiger partial charge in [0.05, 0.1) is 0 Å². The molecule has 0 bridgehead atoms. The van der Waals surface area contributed by atoms with Gasteiger partial charge < -0.3 is 8.85 Å². The van der Waals surface area contributed by atoms with E-state index in [4.69, 9.17) is 8.85 Å². The summed E-state index contributed by atoms with van der Waals surface area (Å²) in [5.41, 5.74) is 3.77. The Morgan fingerprint density at radius 2 is 1.20 bits per heavy atom. The van der Waals surface area contributed by atoms with Crippen molar-refractivity contribution in [1.29, 1.82) is 0 Å². The third-order valence-corrected chi connectivity index (χ3v) is 5.66. The highest BCUT2D eigenvalue weighted by atomic mass is 28.4. The van der Waals surface area contributed by atoms with Crippen LogP contribution < -0.4 is 0 Å². The fraction of sp³-hybridized carbons (Fsp3) is 0.455. The number of hydrogen-bond acceptors (Lipinski definition) is 2. The SMILES string of the molecule is C=CC(O[Si](C)(C)C=C)O[Si](C)(C)C=C. The standard InChI is InChI=1S/C11H22O2Si2/c1-8-11(12-14(4,5)9-2)13-15(6,7)10-3/h8-11H,1-3H2,4-7H3. The monoisotopic (exact) mass is 242 g/mol. The van der Waals surface area contributed by atoms with Crippen molar-refractivity contribution in [1.82, 2.24) is 0 Å². The molecular weight excluding hydrogens is 220 g/mol. The van der Waals surface area contributed by atoms with Crippen molar-refractivity contribution in [2.24, 2.45) is 0 Å². The second-order valence-corrected chi connectivity index (χ2v) is 12.2. The van der Waals surface area contributed by atoms with Crippen LogP contribution in [-0.2, 0) is 8.85 Å². The highest BCUT2D eigenvalue weighted by molar-refractivity contribution is 6.77. The average Bonchev–Trinajstić information content (AvgIpc) is 2.16. The Labute approximate surface area is 95.6 Å².